The number of fused-ring (bicyclic) bond motifs is 1. The molecule has 3 aromatic rings. The van der Waals surface area contributed by atoms with Crippen LogP contribution in [0.2, 0.25) is 0 Å². The summed E-state index contributed by atoms with van der Waals surface area (Å²) in [5.74, 6) is -0.504. The van der Waals surface area contributed by atoms with E-state index in [1.54, 1.807) is 24.4 Å². The van der Waals surface area contributed by atoms with Gasteiger partial charge in [0.15, 0.2) is 0 Å². The maximum atomic E-state index is 14.2. The minimum atomic E-state index is -0.305. The normalized spacial score (nSPS) is 13.9. The fraction of sp³-hybridized carbons (Fsp3) is 0.400. The van der Waals surface area contributed by atoms with Crippen molar-refractivity contribution in [1.29, 1.82) is 0 Å². The van der Waals surface area contributed by atoms with Crippen molar-refractivity contribution in [2.45, 2.75) is 59.0 Å². The number of amides is 1. The number of rotatable bonds is 7. The standard InChI is InChI=1S/C25H29FN4O2/c1-17-21-14-28-30(16-23(31)27-13-12-19-8-4-3-5-9-19)25(32)24(21)18(2)29(17)15-20-10-6-7-11-22(20)26/h6-8,10-11,14H,3-5,9,12-13,15-16H2,1-2H3,(H,27,31). The molecular formula is C25H29FN4O2. The number of nitrogens with one attached hydrogen (secondary N) is 1. The second-order valence-corrected chi connectivity index (χ2v) is 8.45. The first kappa shape index (κ1) is 22.0. The summed E-state index contributed by atoms with van der Waals surface area (Å²) in [5, 5.41) is 8.38. The lowest BCUT2D eigenvalue weighted by atomic mass is 9.97. The lowest BCUT2D eigenvalue weighted by Crippen LogP contribution is -2.34. The molecule has 1 aliphatic rings. The van der Waals surface area contributed by atoms with Gasteiger partial charge in [-0.1, -0.05) is 29.8 Å². The largest absolute Gasteiger partial charge is 0.354 e. The Kier molecular flexibility index (Phi) is 6.53. The SMILES string of the molecule is Cc1c2cnn(CC(=O)NCCC3=CCCCC3)c(=O)c2c(C)n1Cc1ccccc1F. The molecule has 32 heavy (non-hydrogen) atoms. The maximum absolute atomic E-state index is 14.2. The van der Waals surface area contributed by atoms with E-state index in [0.717, 1.165) is 36.0 Å². The summed E-state index contributed by atoms with van der Waals surface area (Å²) >= 11 is 0. The van der Waals surface area contributed by atoms with Gasteiger partial charge in [-0.3, -0.25) is 9.59 Å². The third-order valence-corrected chi connectivity index (χ3v) is 6.34. The number of nitrogens with zero attached hydrogens (tertiary/aromatic N) is 3. The topological polar surface area (TPSA) is 68.9 Å². The van der Waals surface area contributed by atoms with Crippen LogP contribution in [-0.2, 0) is 17.9 Å². The van der Waals surface area contributed by atoms with E-state index in [2.05, 4.69) is 16.5 Å². The Balaban J connectivity index is 1.51. The Labute approximate surface area is 186 Å². The van der Waals surface area contributed by atoms with Gasteiger partial charge in [0.1, 0.15) is 12.4 Å². The van der Waals surface area contributed by atoms with Crippen molar-refractivity contribution in [2.75, 3.05) is 6.54 Å². The quantitative estimate of drug-likeness (QED) is 0.569. The third-order valence-electron chi connectivity index (χ3n) is 6.34. The molecule has 0 unspecified atom stereocenters. The number of aromatic nitrogens is 3. The number of aryl methyl sites for hydroxylation is 2. The summed E-state index contributed by atoms with van der Waals surface area (Å²) in [7, 11) is 0. The number of hydrogen-bond donors (Lipinski definition) is 1. The van der Waals surface area contributed by atoms with Crippen molar-refractivity contribution in [1.82, 2.24) is 19.7 Å². The Hall–Kier alpha value is -3.22. The van der Waals surface area contributed by atoms with E-state index in [0.29, 0.717) is 24.0 Å². The lowest BCUT2D eigenvalue weighted by Gasteiger charge is -2.13. The zero-order valence-corrected chi connectivity index (χ0v) is 18.7. The van der Waals surface area contributed by atoms with Crippen LogP contribution in [0.25, 0.3) is 10.8 Å². The maximum Gasteiger partial charge on any atom is 0.276 e. The molecule has 0 radical (unpaired) electrons. The van der Waals surface area contributed by atoms with Gasteiger partial charge in [-0.2, -0.15) is 5.10 Å². The van der Waals surface area contributed by atoms with Crippen molar-refractivity contribution >= 4 is 16.7 Å². The molecule has 0 atom stereocenters. The number of allylic oxidation sites excluding steroid dienone is 1. The highest BCUT2D eigenvalue weighted by Gasteiger charge is 2.18. The number of halogens is 1. The van der Waals surface area contributed by atoms with Gasteiger partial charge in [-0.15, -0.1) is 0 Å². The molecule has 2 heterocycles. The summed E-state index contributed by atoms with van der Waals surface area (Å²) in [4.78, 5) is 25.5. The van der Waals surface area contributed by atoms with Crippen molar-refractivity contribution in [2.24, 2.45) is 0 Å². The number of carbonyl (C=O) groups excluding carboxylic acids is 1. The molecule has 1 amide bonds. The fourth-order valence-electron chi connectivity index (χ4n) is 4.48. The molecule has 1 aliphatic carbocycles. The van der Waals surface area contributed by atoms with E-state index in [1.807, 2.05) is 18.4 Å². The first-order valence-electron chi connectivity index (χ1n) is 11.2. The van der Waals surface area contributed by atoms with Crippen molar-refractivity contribution < 1.29 is 9.18 Å². The Morgan fingerprint density at radius 2 is 2.00 bits per heavy atom. The van der Waals surface area contributed by atoms with Crippen LogP contribution in [0.15, 0.2) is 46.9 Å². The van der Waals surface area contributed by atoms with Crippen LogP contribution in [0.3, 0.4) is 0 Å². The van der Waals surface area contributed by atoms with E-state index < -0.39 is 0 Å². The Morgan fingerprint density at radius 1 is 1.19 bits per heavy atom. The third kappa shape index (κ3) is 4.52. The van der Waals surface area contributed by atoms with Crippen LogP contribution in [0.4, 0.5) is 4.39 Å². The van der Waals surface area contributed by atoms with Crippen molar-refractivity contribution in [3.05, 3.63) is 75.2 Å². The van der Waals surface area contributed by atoms with Crippen LogP contribution < -0.4 is 10.9 Å². The molecular weight excluding hydrogens is 407 g/mol. The fourth-order valence-corrected chi connectivity index (χ4v) is 4.48. The van der Waals surface area contributed by atoms with Crippen molar-refractivity contribution in [3.8, 4) is 0 Å². The molecule has 2 aromatic heterocycles. The van der Waals surface area contributed by atoms with Gasteiger partial charge in [-0.05, 0) is 52.0 Å². The summed E-state index contributed by atoms with van der Waals surface area (Å²) in [5.41, 5.74) is 3.24. The molecule has 4 rings (SSSR count). The summed E-state index contributed by atoms with van der Waals surface area (Å²) in [6.45, 7) is 4.52. The predicted octanol–water partition coefficient (Wildman–Crippen LogP) is 4.01. The van der Waals surface area contributed by atoms with E-state index in [1.165, 1.54) is 29.2 Å². The second-order valence-electron chi connectivity index (χ2n) is 8.45. The van der Waals surface area contributed by atoms with Crippen LogP contribution in [0.5, 0.6) is 0 Å². The minimum absolute atomic E-state index is 0.120. The highest BCUT2D eigenvalue weighted by molar-refractivity contribution is 5.87. The molecule has 6 nitrogen and oxygen atoms in total. The van der Waals surface area contributed by atoms with E-state index >= 15 is 0 Å². The molecule has 0 spiro atoms. The van der Waals surface area contributed by atoms with Gasteiger partial charge in [0.2, 0.25) is 5.91 Å². The molecule has 1 aromatic carbocycles. The number of carbonyl (C=O) groups is 1. The summed E-state index contributed by atoms with van der Waals surface area (Å²) in [6, 6.07) is 6.62. The number of hydrogen-bond acceptors (Lipinski definition) is 3. The van der Waals surface area contributed by atoms with Gasteiger partial charge in [0.05, 0.1) is 18.1 Å². The molecule has 168 valence electrons. The first-order valence-corrected chi connectivity index (χ1v) is 11.2. The molecule has 0 bridgehead atoms. The average molecular weight is 437 g/mol. The smallest absolute Gasteiger partial charge is 0.276 e. The van der Waals surface area contributed by atoms with Crippen LogP contribution >= 0.6 is 0 Å². The molecule has 0 aliphatic heterocycles. The van der Waals surface area contributed by atoms with Gasteiger partial charge < -0.3 is 9.88 Å². The van der Waals surface area contributed by atoms with E-state index in [-0.39, 0.29) is 23.8 Å². The molecule has 0 saturated carbocycles. The van der Waals surface area contributed by atoms with Gasteiger partial charge in [0.25, 0.3) is 5.56 Å². The lowest BCUT2D eigenvalue weighted by molar-refractivity contribution is -0.121. The van der Waals surface area contributed by atoms with Gasteiger partial charge >= 0.3 is 0 Å². The molecule has 1 N–H and O–H groups in total. The first-order chi connectivity index (χ1) is 15.5. The monoisotopic (exact) mass is 436 g/mol. The van der Waals surface area contributed by atoms with E-state index in [9.17, 15) is 14.0 Å². The second kappa shape index (κ2) is 9.51. The predicted molar refractivity (Wildman–Crippen MR) is 123 cm³/mol. The van der Waals surface area contributed by atoms with Crippen LogP contribution in [-0.4, -0.2) is 26.8 Å². The summed E-state index contributed by atoms with van der Waals surface area (Å²) < 4.78 is 17.3. The highest BCUT2D eigenvalue weighted by Crippen LogP contribution is 2.24. The Bertz CT molecular complexity index is 1240. The molecule has 7 heteroatoms. The van der Waals surface area contributed by atoms with Crippen molar-refractivity contribution in [3.63, 3.8) is 0 Å². The highest BCUT2D eigenvalue weighted by atomic mass is 19.1. The zero-order chi connectivity index (χ0) is 22.7. The summed E-state index contributed by atoms with van der Waals surface area (Å²) in [6.07, 6.45) is 9.43. The van der Waals surface area contributed by atoms with Crippen LogP contribution in [0.1, 0.15) is 49.1 Å². The Morgan fingerprint density at radius 3 is 2.75 bits per heavy atom. The van der Waals surface area contributed by atoms with Gasteiger partial charge in [-0.25, -0.2) is 9.07 Å². The van der Waals surface area contributed by atoms with Gasteiger partial charge in [0, 0.05) is 28.9 Å². The average Bonchev–Trinajstić information content (AvgIpc) is 3.03. The molecule has 0 saturated heterocycles. The zero-order valence-electron chi connectivity index (χ0n) is 18.7. The number of benzene rings is 1. The van der Waals surface area contributed by atoms with E-state index in [4.69, 9.17) is 0 Å². The van der Waals surface area contributed by atoms with Crippen LogP contribution in [0, 0.1) is 19.7 Å². The molecule has 0 fully saturated rings. The minimum Gasteiger partial charge on any atom is -0.354 e.